The van der Waals surface area contributed by atoms with Gasteiger partial charge in [-0.1, -0.05) is 17.7 Å². The van der Waals surface area contributed by atoms with Gasteiger partial charge in [-0.2, -0.15) is 0 Å². The van der Waals surface area contributed by atoms with Crippen molar-refractivity contribution in [1.29, 1.82) is 0 Å². The molecule has 2 heteroatoms. The number of aliphatic hydroxyl groups excluding tert-OH is 1. The third-order valence-electron chi connectivity index (χ3n) is 1.98. The zero-order chi connectivity index (χ0) is 8.72. The average molecular weight is 160 g/mol. The van der Waals surface area contributed by atoms with Gasteiger partial charge in [-0.05, 0) is 13.0 Å². The summed E-state index contributed by atoms with van der Waals surface area (Å²) in [6.07, 6.45) is 1.25. The number of aliphatic hydroxyl groups is 1. The first-order valence-corrected chi connectivity index (χ1v) is 3.74. The highest BCUT2D eigenvalue weighted by Gasteiger charge is 2.19. The maximum absolute atomic E-state index is 11.2. The highest BCUT2D eigenvalue weighted by molar-refractivity contribution is 6.15. The van der Waals surface area contributed by atoms with Gasteiger partial charge in [0.1, 0.15) is 5.76 Å². The van der Waals surface area contributed by atoms with Gasteiger partial charge in [0.15, 0.2) is 5.78 Å². The Hall–Kier alpha value is -1.57. The van der Waals surface area contributed by atoms with Gasteiger partial charge in [0.2, 0.25) is 0 Å². The van der Waals surface area contributed by atoms with Crippen molar-refractivity contribution in [1.82, 2.24) is 0 Å². The summed E-state index contributed by atoms with van der Waals surface area (Å²) in [7, 11) is 0. The molecule has 0 atom stereocenters. The standard InChI is InChI=1S/C10H8O2/c1-6-2-3-7-8(4-6)10(12)5-9(7)11/h2-5,12H,1H3. The van der Waals surface area contributed by atoms with Crippen molar-refractivity contribution in [2.75, 3.05) is 0 Å². The van der Waals surface area contributed by atoms with Crippen LogP contribution in [0.1, 0.15) is 21.5 Å². The third kappa shape index (κ3) is 0.848. The molecule has 1 aliphatic carbocycles. The summed E-state index contributed by atoms with van der Waals surface area (Å²) in [5.74, 6) is -0.0267. The van der Waals surface area contributed by atoms with Gasteiger partial charge in [0.05, 0.1) is 0 Å². The molecule has 0 radical (unpaired) electrons. The largest absolute Gasteiger partial charge is 0.507 e. The molecule has 0 aromatic heterocycles. The first kappa shape index (κ1) is 7.10. The lowest BCUT2D eigenvalue weighted by molar-refractivity contribution is 0.104. The summed E-state index contributed by atoms with van der Waals surface area (Å²) in [5, 5.41) is 9.32. The zero-order valence-electron chi connectivity index (χ0n) is 6.66. The highest BCUT2D eigenvalue weighted by Crippen LogP contribution is 2.25. The van der Waals surface area contributed by atoms with Crippen molar-refractivity contribution in [3.8, 4) is 0 Å². The Morgan fingerprint density at radius 2 is 2.00 bits per heavy atom. The first-order chi connectivity index (χ1) is 5.68. The molecule has 0 aliphatic heterocycles. The molecule has 60 valence electrons. The Morgan fingerprint density at radius 3 is 2.75 bits per heavy atom. The second kappa shape index (κ2) is 2.21. The molecular formula is C10H8O2. The second-order valence-corrected chi connectivity index (χ2v) is 2.94. The van der Waals surface area contributed by atoms with Crippen LogP contribution in [0.15, 0.2) is 24.3 Å². The van der Waals surface area contributed by atoms with Crippen LogP contribution < -0.4 is 0 Å². The molecule has 0 fully saturated rings. The first-order valence-electron chi connectivity index (χ1n) is 3.74. The SMILES string of the molecule is Cc1ccc2c(c1)C(O)=CC2=O. The van der Waals surface area contributed by atoms with Crippen LogP contribution in [-0.2, 0) is 0 Å². The average Bonchev–Trinajstić information content (AvgIpc) is 2.28. The number of hydrogen-bond acceptors (Lipinski definition) is 2. The Balaban J connectivity index is 2.69. The van der Waals surface area contributed by atoms with Gasteiger partial charge in [0, 0.05) is 17.2 Å². The highest BCUT2D eigenvalue weighted by atomic mass is 16.3. The molecule has 0 saturated carbocycles. The van der Waals surface area contributed by atoms with E-state index in [1.54, 1.807) is 6.07 Å². The number of benzene rings is 1. The lowest BCUT2D eigenvalue weighted by Gasteiger charge is -1.99. The number of ketones is 1. The van der Waals surface area contributed by atoms with E-state index in [1.165, 1.54) is 6.08 Å². The number of hydrogen-bond donors (Lipinski definition) is 1. The Morgan fingerprint density at radius 1 is 1.25 bits per heavy atom. The van der Waals surface area contributed by atoms with Crippen LogP contribution in [-0.4, -0.2) is 10.9 Å². The van der Waals surface area contributed by atoms with Crippen LogP contribution in [0.3, 0.4) is 0 Å². The van der Waals surface area contributed by atoms with Crippen molar-refractivity contribution in [3.05, 3.63) is 41.0 Å². The quantitative estimate of drug-likeness (QED) is 0.631. The molecule has 1 aliphatic rings. The lowest BCUT2D eigenvalue weighted by atomic mass is 10.1. The molecule has 0 spiro atoms. The third-order valence-corrected chi connectivity index (χ3v) is 1.98. The van der Waals surface area contributed by atoms with Crippen molar-refractivity contribution >= 4 is 11.5 Å². The summed E-state index contributed by atoms with van der Waals surface area (Å²) in [5.41, 5.74) is 2.29. The van der Waals surface area contributed by atoms with Crippen molar-refractivity contribution in [2.24, 2.45) is 0 Å². The van der Waals surface area contributed by atoms with Crippen LogP contribution in [0.5, 0.6) is 0 Å². The number of allylic oxidation sites excluding steroid dienone is 1. The Bertz CT molecular complexity index is 389. The van der Waals surface area contributed by atoms with E-state index in [0.29, 0.717) is 11.1 Å². The number of carbonyl (C=O) groups is 1. The molecular weight excluding hydrogens is 152 g/mol. The molecule has 0 amide bonds. The van der Waals surface area contributed by atoms with Gasteiger partial charge >= 0.3 is 0 Å². The van der Waals surface area contributed by atoms with Crippen LogP contribution in [0, 0.1) is 6.92 Å². The maximum atomic E-state index is 11.2. The fraction of sp³-hybridized carbons (Fsp3) is 0.100. The Kier molecular flexibility index (Phi) is 1.30. The normalized spacial score (nSPS) is 14.4. The molecule has 0 saturated heterocycles. The second-order valence-electron chi connectivity index (χ2n) is 2.94. The Labute approximate surface area is 70.2 Å². The molecule has 0 heterocycles. The van der Waals surface area contributed by atoms with E-state index in [9.17, 15) is 9.90 Å². The monoisotopic (exact) mass is 160 g/mol. The molecule has 2 nitrogen and oxygen atoms in total. The van der Waals surface area contributed by atoms with Crippen molar-refractivity contribution < 1.29 is 9.90 Å². The van der Waals surface area contributed by atoms with Crippen LogP contribution in [0.4, 0.5) is 0 Å². The fourth-order valence-electron chi connectivity index (χ4n) is 1.36. The molecule has 1 N–H and O–H groups in total. The van der Waals surface area contributed by atoms with E-state index < -0.39 is 0 Å². The number of fused-ring (bicyclic) bond motifs is 1. The number of rotatable bonds is 0. The van der Waals surface area contributed by atoms with E-state index >= 15 is 0 Å². The summed E-state index contributed by atoms with van der Waals surface area (Å²) in [4.78, 5) is 11.2. The van der Waals surface area contributed by atoms with Crippen molar-refractivity contribution in [3.63, 3.8) is 0 Å². The fourth-order valence-corrected chi connectivity index (χ4v) is 1.36. The number of carbonyl (C=O) groups excluding carboxylic acids is 1. The molecule has 1 aromatic carbocycles. The van der Waals surface area contributed by atoms with E-state index in [1.807, 2.05) is 19.1 Å². The van der Waals surface area contributed by atoms with Gasteiger partial charge in [-0.25, -0.2) is 0 Å². The minimum absolute atomic E-state index is 0.0821. The van der Waals surface area contributed by atoms with E-state index in [4.69, 9.17) is 0 Å². The topological polar surface area (TPSA) is 37.3 Å². The molecule has 1 aromatic rings. The smallest absolute Gasteiger partial charge is 0.190 e. The van der Waals surface area contributed by atoms with Crippen LogP contribution in [0.25, 0.3) is 5.76 Å². The molecule has 0 bridgehead atoms. The predicted octanol–water partition coefficient (Wildman–Crippen LogP) is 2.09. The zero-order valence-corrected chi connectivity index (χ0v) is 6.66. The van der Waals surface area contributed by atoms with Crippen molar-refractivity contribution in [2.45, 2.75) is 6.92 Å². The number of aryl methyl sites for hydroxylation is 1. The van der Waals surface area contributed by atoms with Gasteiger partial charge in [-0.15, -0.1) is 0 Å². The molecule has 12 heavy (non-hydrogen) atoms. The summed E-state index contributed by atoms with van der Waals surface area (Å²) >= 11 is 0. The van der Waals surface area contributed by atoms with Gasteiger partial charge < -0.3 is 5.11 Å². The lowest BCUT2D eigenvalue weighted by Crippen LogP contribution is -1.91. The maximum Gasteiger partial charge on any atom is 0.190 e. The predicted molar refractivity (Wildman–Crippen MR) is 46.1 cm³/mol. The van der Waals surface area contributed by atoms with Crippen LogP contribution >= 0.6 is 0 Å². The van der Waals surface area contributed by atoms with Gasteiger partial charge in [-0.3, -0.25) is 4.79 Å². The minimum Gasteiger partial charge on any atom is -0.507 e. The van der Waals surface area contributed by atoms with E-state index in [2.05, 4.69) is 0 Å². The van der Waals surface area contributed by atoms with E-state index in [0.717, 1.165) is 5.56 Å². The molecule has 0 unspecified atom stereocenters. The minimum atomic E-state index is -0.109. The summed E-state index contributed by atoms with van der Waals surface area (Å²) < 4.78 is 0. The summed E-state index contributed by atoms with van der Waals surface area (Å²) in [6.45, 7) is 1.93. The van der Waals surface area contributed by atoms with Crippen LogP contribution in [0.2, 0.25) is 0 Å². The summed E-state index contributed by atoms with van der Waals surface area (Å²) in [6, 6.07) is 5.42. The van der Waals surface area contributed by atoms with E-state index in [-0.39, 0.29) is 11.5 Å². The molecule has 2 rings (SSSR count). The van der Waals surface area contributed by atoms with Gasteiger partial charge in [0.25, 0.3) is 0 Å².